The van der Waals surface area contributed by atoms with Crippen LogP contribution in [0.2, 0.25) is 0 Å². The van der Waals surface area contributed by atoms with Gasteiger partial charge in [0.05, 0.1) is 0 Å². The van der Waals surface area contributed by atoms with Crippen LogP contribution in [0.5, 0.6) is 0 Å². The summed E-state index contributed by atoms with van der Waals surface area (Å²) in [6.07, 6.45) is 5.40. The number of hydrogen-bond donors (Lipinski definition) is 0. The highest BCUT2D eigenvalue weighted by Crippen LogP contribution is 2.36. The van der Waals surface area contributed by atoms with Crippen molar-refractivity contribution >= 4 is 6.03 Å². The molecule has 0 aromatic rings. The second-order valence-corrected chi connectivity index (χ2v) is 4.89. The summed E-state index contributed by atoms with van der Waals surface area (Å²) in [5.41, 5.74) is 0. The third-order valence-electron chi connectivity index (χ3n) is 3.63. The van der Waals surface area contributed by atoms with Gasteiger partial charge in [0.2, 0.25) is 0 Å². The van der Waals surface area contributed by atoms with Crippen LogP contribution in [0.4, 0.5) is 4.79 Å². The molecule has 0 radical (unpaired) electrons. The minimum atomic E-state index is 0.194. The SMILES string of the molecule is CN(C)C(=O)N1CC2CCCCC2C1. The van der Waals surface area contributed by atoms with Gasteiger partial charge < -0.3 is 9.80 Å². The lowest BCUT2D eigenvalue weighted by molar-refractivity contribution is 0.179. The molecule has 80 valence electrons. The molecule has 1 heterocycles. The fraction of sp³-hybridized carbons (Fsp3) is 0.909. The van der Waals surface area contributed by atoms with Gasteiger partial charge in [0.25, 0.3) is 0 Å². The Morgan fingerprint density at radius 1 is 1.14 bits per heavy atom. The summed E-state index contributed by atoms with van der Waals surface area (Å²) in [6, 6.07) is 0.194. The van der Waals surface area contributed by atoms with E-state index >= 15 is 0 Å². The van der Waals surface area contributed by atoms with Crippen LogP contribution >= 0.6 is 0 Å². The predicted molar refractivity (Wildman–Crippen MR) is 56.1 cm³/mol. The normalized spacial score (nSPS) is 31.4. The lowest BCUT2D eigenvalue weighted by Crippen LogP contribution is -2.37. The molecule has 3 heteroatoms. The van der Waals surface area contributed by atoms with E-state index in [-0.39, 0.29) is 6.03 Å². The van der Waals surface area contributed by atoms with Gasteiger partial charge in [0.15, 0.2) is 0 Å². The van der Waals surface area contributed by atoms with Gasteiger partial charge in [-0.3, -0.25) is 0 Å². The van der Waals surface area contributed by atoms with E-state index in [1.54, 1.807) is 4.90 Å². The van der Waals surface area contributed by atoms with Gasteiger partial charge in [-0.2, -0.15) is 0 Å². The summed E-state index contributed by atoms with van der Waals surface area (Å²) in [5, 5.41) is 0. The molecule has 0 N–H and O–H groups in total. The van der Waals surface area contributed by atoms with Gasteiger partial charge in [-0.25, -0.2) is 4.79 Å². The Kier molecular flexibility index (Phi) is 2.66. The lowest BCUT2D eigenvalue weighted by Gasteiger charge is -2.22. The maximum atomic E-state index is 11.7. The molecule has 2 atom stereocenters. The van der Waals surface area contributed by atoms with E-state index in [0.717, 1.165) is 24.9 Å². The van der Waals surface area contributed by atoms with Gasteiger partial charge >= 0.3 is 6.03 Å². The molecule has 0 aromatic carbocycles. The molecule has 2 rings (SSSR count). The Bertz CT molecular complexity index is 213. The number of carbonyl (C=O) groups is 1. The van der Waals surface area contributed by atoms with Crippen molar-refractivity contribution in [2.24, 2.45) is 11.8 Å². The second-order valence-electron chi connectivity index (χ2n) is 4.89. The first-order valence-corrected chi connectivity index (χ1v) is 5.64. The summed E-state index contributed by atoms with van der Waals surface area (Å²) >= 11 is 0. The summed E-state index contributed by atoms with van der Waals surface area (Å²) in [7, 11) is 3.68. The van der Waals surface area contributed by atoms with Crippen LogP contribution in [-0.2, 0) is 0 Å². The molecule has 2 amide bonds. The zero-order valence-electron chi connectivity index (χ0n) is 9.20. The Morgan fingerprint density at radius 2 is 1.64 bits per heavy atom. The highest BCUT2D eigenvalue weighted by atomic mass is 16.2. The lowest BCUT2D eigenvalue weighted by atomic mass is 9.82. The quantitative estimate of drug-likeness (QED) is 0.579. The fourth-order valence-electron chi connectivity index (χ4n) is 2.84. The van der Waals surface area contributed by atoms with Gasteiger partial charge in [-0.15, -0.1) is 0 Å². The van der Waals surface area contributed by atoms with Gasteiger partial charge in [0, 0.05) is 27.2 Å². The van der Waals surface area contributed by atoms with Crippen molar-refractivity contribution in [3.05, 3.63) is 0 Å². The molecule has 0 aromatic heterocycles. The highest BCUT2D eigenvalue weighted by Gasteiger charge is 2.36. The predicted octanol–water partition coefficient (Wildman–Crippen LogP) is 1.79. The van der Waals surface area contributed by atoms with E-state index in [9.17, 15) is 4.79 Å². The minimum absolute atomic E-state index is 0.194. The molecular formula is C11H20N2O. The van der Waals surface area contributed by atoms with Crippen LogP contribution in [0.3, 0.4) is 0 Å². The van der Waals surface area contributed by atoms with E-state index in [4.69, 9.17) is 0 Å². The molecular weight excluding hydrogens is 176 g/mol. The first kappa shape index (κ1) is 9.81. The minimum Gasteiger partial charge on any atom is -0.331 e. The zero-order valence-corrected chi connectivity index (χ0v) is 9.20. The van der Waals surface area contributed by atoms with Gasteiger partial charge in [-0.1, -0.05) is 12.8 Å². The van der Waals surface area contributed by atoms with Crippen molar-refractivity contribution in [2.75, 3.05) is 27.2 Å². The average Bonchev–Trinajstić information content (AvgIpc) is 2.59. The number of likely N-dealkylation sites (tertiary alicyclic amines) is 1. The number of nitrogens with zero attached hydrogens (tertiary/aromatic N) is 2. The van der Waals surface area contributed by atoms with Gasteiger partial charge in [0.1, 0.15) is 0 Å². The van der Waals surface area contributed by atoms with Crippen LogP contribution in [0, 0.1) is 11.8 Å². The molecule has 0 spiro atoms. The zero-order chi connectivity index (χ0) is 10.1. The molecule has 1 saturated carbocycles. The van der Waals surface area contributed by atoms with Crippen LogP contribution in [0.15, 0.2) is 0 Å². The molecule has 1 saturated heterocycles. The molecule has 1 aliphatic carbocycles. The number of hydrogen-bond acceptors (Lipinski definition) is 1. The number of carbonyl (C=O) groups excluding carboxylic acids is 1. The first-order valence-electron chi connectivity index (χ1n) is 5.64. The van der Waals surface area contributed by atoms with Crippen LogP contribution < -0.4 is 0 Å². The number of fused-ring (bicyclic) bond motifs is 1. The Labute approximate surface area is 86.1 Å². The maximum Gasteiger partial charge on any atom is 0.319 e. The van der Waals surface area contributed by atoms with Gasteiger partial charge in [-0.05, 0) is 24.7 Å². The summed E-state index contributed by atoms with van der Waals surface area (Å²) in [6.45, 7) is 2.00. The average molecular weight is 196 g/mol. The molecule has 2 fully saturated rings. The van der Waals surface area contributed by atoms with Crippen molar-refractivity contribution in [1.82, 2.24) is 9.80 Å². The van der Waals surface area contributed by atoms with E-state index in [2.05, 4.69) is 0 Å². The van der Waals surface area contributed by atoms with Crippen LogP contribution in [0.25, 0.3) is 0 Å². The molecule has 2 unspecified atom stereocenters. The Hall–Kier alpha value is -0.730. The maximum absolute atomic E-state index is 11.7. The van der Waals surface area contributed by atoms with Crippen molar-refractivity contribution in [1.29, 1.82) is 0 Å². The van der Waals surface area contributed by atoms with Crippen molar-refractivity contribution in [3.8, 4) is 0 Å². The third kappa shape index (κ3) is 1.72. The van der Waals surface area contributed by atoms with E-state index < -0.39 is 0 Å². The van der Waals surface area contributed by atoms with E-state index in [1.807, 2.05) is 19.0 Å². The number of urea groups is 1. The number of rotatable bonds is 0. The van der Waals surface area contributed by atoms with E-state index in [1.165, 1.54) is 25.7 Å². The second kappa shape index (κ2) is 3.79. The van der Waals surface area contributed by atoms with Crippen molar-refractivity contribution in [3.63, 3.8) is 0 Å². The van der Waals surface area contributed by atoms with Crippen LogP contribution in [-0.4, -0.2) is 43.0 Å². The first-order chi connectivity index (χ1) is 6.68. The number of amides is 2. The Balaban J connectivity index is 1.95. The topological polar surface area (TPSA) is 23.6 Å². The summed E-state index contributed by atoms with van der Waals surface area (Å²) in [4.78, 5) is 15.5. The monoisotopic (exact) mass is 196 g/mol. The molecule has 14 heavy (non-hydrogen) atoms. The highest BCUT2D eigenvalue weighted by molar-refractivity contribution is 5.74. The molecule has 2 aliphatic rings. The molecule has 3 nitrogen and oxygen atoms in total. The summed E-state index contributed by atoms with van der Waals surface area (Å²) < 4.78 is 0. The van der Waals surface area contributed by atoms with Crippen molar-refractivity contribution in [2.45, 2.75) is 25.7 Å². The fourth-order valence-corrected chi connectivity index (χ4v) is 2.84. The van der Waals surface area contributed by atoms with E-state index in [0.29, 0.717) is 0 Å². The standard InChI is InChI=1S/C11H20N2O/c1-12(2)11(14)13-7-9-5-3-4-6-10(9)8-13/h9-10H,3-8H2,1-2H3. The largest absolute Gasteiger partial charge is 0.331 e. The molecule has 0 bridgehead atoms. The Morgan fingerprint density at radius 3 is 2.07 bits per heavy atom. The smallest absolute Gasteiger partial charge is 0.319 e. The molecule has 1 aliphatic heterocycles. The van der Waals surface area contributed by atoms with Crippen molar-refractivity contribution < 1.29 is 4.79 Å². The summed E-state index contributed by atoms with van der Waals surface area (Å²) in [5.74, 6) is 1.60. The van der Waals surface area contributed by atoms with Crippen LogP contribution in [0.1, 0.15) is 25.7 Å². The third-order valence-corrected chi connectivity index (χ3v) is 3.63.